The number of aromatic nitrogens is 5. The molecule has 0 unspecified atom stereocenters. The molecule has 6 heterocycles. The van der Waals surface area contributed by atoms with Crippen LogP contribution < -0.4 is 0 Å². The highest BCUT2D eigenvalue weighted by molar-refractivity contribution is 7.22. The van der Waals surface area contributed by atoms with Gasteiger partial charge in [-0.2, -0.15) is 0 Å². The van der Waals surface area contributed by atoms with Gasteiger partial charge in [-0.25, -0.2) is 5.10 Å². The highest BCUT2D eigenvalue weighted by Crippen LogP contribution is 2.52. The van der Waals surface area contributed by atoms with Gasteiger partial charge in [0.25, 0.3) is 5.95 Å². The van der Waals surface area contributed by atoms with Crippen LogP contribution in [0.15, 0.2) is 105 Å². The summed E-state index contributed by atoms with van der Waals surface area (Å²) in [6, 6.07) is 28.8. The fourth-order valence-corrected chi connectivity index (χ4v) is 6.90. The topological polar surface area (TPSA) is 85.7 Å². The summed E-state index contributed by atoms with van der Waals surface area (Å²) in [5, 5.41) is 19.5. The van der Waals surface area contributed by atoms with E-state index in [-0.39, 0.29) is 0 Å². The van der Waals surface area contributed by atoms with E-state index in [4.69, 9.17) is 8.83 Å². The molecule has 0 atom stereocenters. The van der Waals surface area contributed by atoms with Crippen molar-refractivity contribution in [1.82, 2.24) is 25.2 Å². The number of rotatable bonds is 5. The van der Waals surface area contributed by atoms with Crippen molar-refractivity contribution >= 4 is 43.7 Å². The predicted molar refractivity (Wildman–Crippen MR) is 151 cm³/mol. The van der Waals surface area contributed by atoms with Gasteiger partial charge in [-0.1, -0.05) is 47.6 Å². The Bertz CT molecular complexity index is 1830. The van der Waals surface area contributed by atoms with E-state index in [1.165, 1.54) is 10.1 Å². The lowest BCUT2D eigenvalue weighted by atomic mass is 10.0. The molecule has 0 bridgehead atoms. The first-order valence-electron chi connectivity index (χ1n) is 11.9. The molecule has 0 fully saturated rings. The standard InChI is InChI=1S/C29H17N5O2S2/c1-3-9-19-17(7-1)15-21(36-19)25-26(23-12-6-14-37-23)28(24-16-18-8-2-4-11-22(18)38-24)34(29-30-32-33-31-29)27(25)20-10-5-13-35-20/h1-16H,(H,30,31,32,33). The van der Waals surface area contributed by atoms with E-state index in [0.29, 0.717) is 11.7 Å². The van der Waals surface area contributed by atoms with Crippen molar-refractivity contribution in [3.63, 3.8) is 0 Å². The molecule has 2 aromatic carbocycles. The summed E-state index contributed by atoms with van der Waals surface area (Å²) >= 11 is 3.41. The number of nitrogens with zero attached hydrogens (tertiary/aromatic N) is 4. The molecular weight excluding hydrogens is 514 g/mol. The Kier molecular flexibility index (Phi) is 4.73. The molecule has 38 heavy (non-hydrogen) atoms. The van der Waals surface area contributed by atoms with Crippen LogP contribution in [0, 0.1) is 0 Å². The van der Waals surface area contributed by atoms with Crippen LogP contribution in [0.4, 0.5) is 0 Å². The van der Waals surface area contributed by atoms with Crippen LogP contribution >= 0.6 is 22.7 Å². The second-order valence-corrected chi connectivity index (χ2v) is 10.8. The summed E-state index contributed by atoms with van der Waals surface area (Å²) in [5.41, 5.74) is 4.55. The number of benzene rings is 2. The van der Waals surface area contributed by atoms with Gasteiger partial charge in [-0.15, -0.1) is 22.7 Å². The summed E-state index contributed by atoms with van der Waals surface area (Å²) < 4.78 is 15.8. The fourth-order valence-electron chi connectivity index (χ4n) is 5.02. The Morgan fingerprint density at radius 1 is 0.763 bits per heavy atom. The van der Waals surface area contributed by atoms with Gasteiger partial charge in [0.2, 0.25) is 0 Å². The monoisotopic (exact) mass is 531 g/mol. The summed E-state index contributed by atoms with van der Waals surface area (Å²) in [4.78, 5) is 2.19. The normalized spacial score (nSPS) is 11.7. The van der Waals surface area contributed by atoms with E-state index < -0.39 is 0 Å². The Morgan fingerprint density at radius 3 is 2.42 bits per heavy atom. The first kappa shape index (κ1) is 21.4. The number of furan rings is 2. The van der Waals surface area contributed by atoms with E-state index in [0.717, 1.165) is 49.0 Å². The minimum atomic E-state index is 0.490. The molecule has 6 aromatic heterocycles. The first-order chi connectivity index (χ1) is 18.8. The number of tetrazole rings is 1. The van der Waals surface area contributed by atoms with Gasteiger partial charge in [-0.3, -0.25) is 4.57 Å². The van der Waals surface area contributed by atoms with Crippen molar-refractivity contribution in [3.8, 4) is 49.7 Å². The molecule has 7 nitrogen and oxygen atoms in total. The number of hydrogen-bond donors (Lipinski definition) is 1. The number of fused-ring (bicyclic) bond motifs is 2. The molecule has 0 saturated heterocycles. The third-order valence-electron chi connectivity index (χ3n) is 6.57. The molecule has 0 aliphatic rings. The molecule has 0 aliphatic carbocycles. The minimum Gasteiger partial charge on any atom is -0.463 e. The number of hydrogen-bond acceptors (Lipinski definition) is 7. The SMILES string of the molecule is c1coc(-c2c(-c3cc4ccccc4o3)c(-c3cccs3)c(-c3cc4ccccc4s3)n2-c2nnn[nH]2)c1. The zero-order valence-corrected chi connectivity index (χ0v) is 21.3. The lowest BCUT2D eigenvalue weighted by Gasteiger charge is -2.08. The predicted octanol–water partition coefficient (Wildman–Crippen LogP) is 8.27. The summed E-state index contributed by atoms with van der Waals surface area (Å²) in [5.74, 6) is 1.92. The van der Waals surface area contributed by atoms with Crippen LogP contribution in [0.5, 0.6) is 0 Å². The molecule has 1 N–H and O–H groups in total. The lowest BCUT2D eigenvalue weighted by molar-refractivity contribution is 0.577. The van der Waals surface area contributed by atoms with E-state index in [9.17, 15) is 0 Å². The number of nitrogens with one attached hydrogen (secondary N) is 1. The molecule has 0 saturated carbocycles. The van der Waals surface area contributed by atoms with Crippen molar-refractivity contribution in [2.24, 2.45) is 0 Å². The molecule has 0 spiro atoms. The molecule has 182 valence electrons. The average molecular weight is 532 g/mol. The van der Waals surface area contributed by atoms with Gasteiger partial charge >= 0.3 is 0 Å². The smallest absolute Gasteiger partial charge is 0.252 e. The third kappa shape index (κ3) is 3.22. The third-order valence-corrected chi connectivity index (χ3v) is 8.58. The second kappa shape index (κ2) is 8.41. The maximum Gasteiger partial charge on any atom is 0.252 e. The van der Waals surface area contributed by atoms with Gasteiger partial charge in [0.1, 0.15) is 17.0 Å². The van der Waals surface area contributed by atoms with Gasteiger partial charge in [0.05, 0.1) is 22.4 Å². The van der Waals surface area contributed by atoms with Crippen molar-refractivity contribution in [2.75, 3.05) is 0 Å². The van der Waals surface area contributed by atoms with Crippen LogP contribution in [0.2, 0.25) is 0 Å². The zero-order chi connectivity index (χ0) is 25.1. The molecule has 8 rings (SSSR count). The van der Waals surface area contributed by atoms with Crippen LogP contribution in [0.25, 0.3) is 70.8 Å². The van der Waals surface area contributed by atoms with Crippen molar-refractivity contribution < 1.29 is 8.83 Å². The number of aromatic amines is 1. The second-order valence-electron chi connectivity index (χ2n) is 8.76. The summed E-state index contributed by atoms with van der Waals surface area (Å²) in [7, 11) is 0. The molecule has 0 amide bonds. The van der Waals surface area contributed by atoms with Gasteiger partial charge in [-0.05, 0) is 63.7 Å². The van der Waals surface area contributed by atoms with E-state index in [1.54, 1.807) is 28.9 Å². The van der Waals surface area contributed by atoms with Crippen LogP contribution in [0.3, 0.4) is 0 Å². The minimum absolute atomic E-state index is 0.490. The Morgan fingerprint density at radius 2 is 1.66 bits per heavy atom. The largest absolute Gasteiger partial charge is 0.463 e. The Balaban J connectivity index is 1.58. The first-order valence-corrected chi connectivity index (χ1v) is 13.6. The Hall–Kier alpha value is -4.73. The van der Waals surface area contributed by atoms with Crippen molar-refractivity contribution in [1.29, 1.82) is 0 Å². The van der Waals surface area contributed by atoms with Crippen LogP contribution in [0.1, 0.15) is 0 Å². The maximum absolute atomic E-state index is 6.50. The van der Waals surface area contributed by atoms with Gasteiger partial charge in [0.15, 0.2) is 5.76 Å². The summed E-state index contributed by atoms with van der Waals surface area (Å²) in [6.07, 6.45) is 1.68. The van der Waals surface area contributed by atoms with Gasteiger partial charge in [0, 0.05) is 20.5 Å². The highest BCUT2D eigenvalue weighted by Gasteiger charge is 2.33. The summed E-state index contributed by atoms with van der Waals surface area (Å²) in [6.45, 7) is 0. The molecule has 0 aliphatic heterocycles. The number of para-hydroxylation sites is 1. The fraction of sp³-hybridized carbons (Fsp3) is 0. The average Bonchev–Trinajstić information content (AvgIpc) is 3.76. The molecular formula is C29H17N5O2S2. The number of thiophene rings is 2. The lowest BCUT2D eigenvalue weighted by Crippen LogP contribution is -2.01. The number of H-pyrrole nitrogens is 1. The molecule has 9 heteroatoms. The van der Waals surface area contributed by atoms with Crippen molar-refractivity contribution in [2.45, 2.75) is 0 Å². The Labute approximate surface area is 223 Å². The van der Waals surface area contributed by atoms with Crippen LogP contribution in [-0.4, -0.2) is 25.2 Å². The zero-order valence-electron chi connectivity index (χ0n) is 19.7. The van der Waals surface area contributed by atoms with E-state index in [1.807, 2.05) is 30.3 Å². The quantitative estimate of drug-likeness (QED) is 0.242. The van der Waals surface area contributed by atoms with Crippen LogP contribution in [-0.2, 0) is 0 Å². The highest BCUT2D eigenvalue weighted by atomic mass is 32.1. The van der Waals surface area contributed by atoms with Crippen molar-refractivity contribution in [3.05, 3.63) is 96.6 Å². The van der Waals surface area contributed by atoms with E-state index >= 15 is 0 Å². The van der Waals surface area contributed by atoms with E-state index in [2.05, 4.69) is 85.2 Å². The van der Waals surface area contributed by atoms with Gasteiger partial charge < -0.3 is 8.83 Å². The maximum atomic E-state index is 6.50. The molecule has 8 aromatic rings. The molecule has 0 radical (unpaired) electrons.